The number of azide groups is 1. The van der Waals surface area contributed by atoms with Crippen molar-refractivity contribution in [3.8, 4) is 0 Å². The van der Waals surface area contributed by atoms with Crippen LogP contribution in [0.15, 0.2) is 16.2 Å². The summed E-state index contributed by atoms with van der Waals surface area (Å²) < 4.78 is 1.65. The number of nitrogens with one attached hydrogen (secondary N) is 1. The Morgan fingerprint density at radius 2 is 2.52 bits per heavy atom. The molecule has 2 aromatic heterocycles. The van der Waals surface area contributed by atoms with Gasteiger partial charge in [-0.15, -0.1) is 11.8 Å². The Kier molecular flexibility index (Phi) is 3.04. The number of H-pyrrole nitrogens is 1. The smallest absolute Gasteiger partial charge is 0.280 e. The number of nitrogen functional groups attached to an aromatic ring is 1. The summed E-state index contributed by atoms with van der Waals surface area (Å²) in [7, 11) is 0. The number of imidazole rings is 1. The first-order valence-electron chi connectivity index (χ1n) is 6.06. The number of hydrogen-bond acceptors (Lipinski definition) is 7. The molecule has 2 aromatic rings. The maximum Gasteiger partial charge on any atom is 0.280 e. The van der Waals surface area contributed by atoms with E-state index in [4.69, 9.17) is 11.3 Å². The number of nitrogens with zero attached hydrogens (tertiary/aromatic N) is 6. The van der Waals surface area contributed by atoms with E-state index in [1.165, 1.54) is 18.1 Å². The van der Waals surface area contributed by atoms with Crippen molar-refractivity contribution in [2.75, 3.05) is 12.3 Å². The minimum Gasteiger partial charge on any atom is -0.395 e. The number of nitrogens with two attached hydrogens (primary N) is 1. The van der Waals surface area contributed by atoms with Crippen molar-refractivity contribution < 1.29 is 5.11 Å². The Morgan fingerprint density at radius 1 is 1.76 bits per heavy atom. The first kappa shape index (κ1) is 13.7. The van der Waals surface area contributed by atoms with Gasteiger partial charge in [-0.2, -0.15) is 4.98 Å². The van der Waals surface area contributed by atoms with Crippen molar-refractivity contribution in [1.29, 1.82) is 0 Å². The van der Waals surface area contributed by atoms with E-state index in [0.717, 1.165) is 0 Å². The van der Waals surface area contributed by atoms with Gasteiger partial charge in [0, 0.05) is 10.2 Å². The topological polar surface area (TPSA) is 159 Å². The fourth-order valence-corrected chi connectivity index (χ4v) is 3.81. The van der Waals surface area contributed by atoms with Crippen LogP contribution in [-0.4, -0.2) is 42.0 Å². The van der Waals surface area contributed by atoms with Crippen molar-refractivity contribution in [1.82, 2.24) is 19.5 Å². The largest absolute Gasteiger partial charge is 0.395 e. The third kappa shape index (κ3) is 1.86. The number of aliphatic hydroxyl groups excluding tert-OH is 1. The van der Waals surface area contributed by atoms with Gasteiger partial charge in [-0.3, -0.25) is 9.78 Å². The van der Waals surface area contributed by atoms with Crippen LogP contribution in [0.25, 0.3) is 21.6 Å². The van der Waals surface area contributed by atoms with Crippen LogP contribution in [0, 0.1) is 0 Å². The van der Waals surface area contributed by atoms with Gasteiger partial charge < -0.3 is 15.4 Å². The maximum absolute atomic E-state index is 11.8. The number of anilines is 1. The number of thioether (sulfide) groups is 1. The molecule has 4 N–H and O–H groups in total. The van der Waals surface area contributed by atoms with Crippen LogP contribution in [0.4, 0.5) is 5.95 Å². The number of aromatic nitrogens is 4. The van der Waals surface area contributed by atoms with E-state index in [-0.39, 0.29) is 28.7 Å². The Balaban J connectivity index is 2.14. The molecule has 11 heteroatoms. The van der Waals surface area contributed by atoms with Crippen molar-refractivity contribution in [2.24, 2.45) is 5.11 Å². The van der Waals surface area contributed by atoms with Gasteiger partial charge in [-0.05, 0) is 12.5 Å². The molecular formula is C10H12N8O2S. The summed E-state index contributed by atoms with van der Waals surface area (Å²) in [6, 6.07) is 0. The van der Waals surface area contributed by atoms with E-state index in [0.29, 0.717) is 5.65 Å². The molecule has 1 aliphatic heterocycles. The second-order valence-corrected chi connectivity index (χ2v) is 6.14. The lowest BCUT2D eigenvalue weighted by atomic mass is 9.96. The van der Waals surface area contributed by atoms with Crippen LogP contribution in [0.2, 0.25) is 0 Å². The molecule has 110 valence electrons. The fourth-order valence-electron chi connectivity index (χ4n) is 2.42. The summed E-state index contributed by atoms with van der Waals surface area (Å²) in [4.78, 5) is 25.1. The van der Waals surface area contributed by atoms with Crippen molar-refractivity contribution in [2.45, 2.75) is 23.1 Å². The highest BCUT2D eigenvalue weighted by atomic mass is 32.2. The molecule has 0 unspecified atom stereocenters. The molecule has 0 radical (unpaired) electrons. The summed E-state index contributed by atoms with van der Waals surface area (Å²) in [5.41, 5.74) is 13.5. The highest BCUT2D eigenvalue weighted by Crippen LogP contribution is 2.55. The zero-order chi connectivity index (χ0) is 15.2. The molecule has 0 bridgehead atoms. The van der Waals surface area contributed by atoms with Gasteiger partial charge in [0.1, 0.15) is 0 Å². The molecule has 3 rings (SSSR count). The van der Waals surface area contributed by atoms with Crippen LogP contribution in [0.1, 0.15) is 12.3 Å². The number of aliphatic hydroxyl groups is 1. The lowest BCUT2D eigenvalue weighted by molar-refractivity contribution is 0.220. The van der Waals surface area contributed by atoms with Crippen LogP contribution in [-0.2, 0) is 0 Å². The Labute approximate surface area is 122 Å². The molecular weight excluding hydrogens is 296 g/mol. The molecule has 0 aromatic carbocycles. The van der Waals surface area contributed by atoms with Crippen LogP contribution < -0.4 is 11.3 Å². The van der Waals surface area contributed by atoms with Crippen LogP contribution in [0.3, 0.4) is 0 Å². The Morgan fingerprint density at radius 3 is 3.19 bits per heavy atom. The first-order valence-corrected chi connectivity index (χ1v) is 7.00. The molecule has 3 heterocycles. The van der Waals surface area contributed by atoms with E-state index < -0.39 is 11.1 Å². The third-order valence-corrected chi connectivity index (χ3v) is 5.49. The number of aromatic amines is 1. The molecule has 1 aliphatic rings. The number of hydrogen-bond donors (Lipinski definition) is 3. The van der Waals surface area contributed by atoms with Crippen LogP contribution in [0.5, 0.6) is 0 Å². The van der Waals surface area contributed by atoms with E-state index in [1.807, 2.05) is 0 Å². The minimum atomic E-state index is -0.832. The predicted octanol–water partition coefficient (Wildman–Crippen LogP) is 0.377. The van der Waals surface area contributed by atoms with Gasteiger partial charge in [0.15, 0.2) is 11.2 Å². The highest BCUT2D eigenvalue weighted by Gasteiger charge is 2.53. The summed E-state index contributed by atoms with van der Waals surface area (Å²) in [6.07, 6.45) is 1.46. The number of rotatable bonds is 3. The van der Waals surface area contributed by atoms with Gasteiger partial charge in [0.05, 0.1) is 23.8 Å². The molecule has 0 aliphatic carbocycles. The summed E-state index contributed by atoms with van der Waals surface area (Å²) in [6.45, 7) is 1.64. The number of fused-ring (bicyclic) bond motifs is 1. The van der Waals surface area contributed by atoms with Gasteiger partial charge in [-0.25, -0.2) is 4.98 Å². The first-order chi connectivity index (χ1) is 10.0. The third-order valence-electron chi connectivity index (χ3n) is 3.57. The van der Waals surface area contributed by atoms with Crippen molar-refractivity contribution in [3.05, 3.63) is 27.1 Å². The van der Waals surface area contributed by atoms with E-state index in [9.17, 15) is 9.90 Å². The molecule has 1 fully saturated rings. The summed E-state index contributed by atoms with van der Waals surface area (Å²) in [5.74, 6) is -0.0113. The standard InChI is InChI=1S/C10H12N8O2S/c1-10(16-17-12)4(2-19)21-8(10)18-3-13-5-6(18)14-9(11)15-7(5)20/h3-4,8,19H,2H2,1H3,(H3,11,14,15,20)/t4-,8-,10+/m1/s1. The SMILES string of the molecule is C[C@]1(N=[N+]=[N-])[C@@H](CO)S[C@H]1n1cnc2c(=O)[nH]c(N)nc21. The highest BCUT2D eigenvalue weighted by molar-refractivity contribution is 8.01. The molecule has 0 spiro atoms. The molecule has 0 saturated carbocycles. The summed E-state index contributed by atoms with van der Waals surface area (Å²) in [5, 5.41) is 12.6. The normalized spacial score (nSPS) is 28.1. The van der Waals surface area contributed by atoms with Gasteiger partial charge in [0.25, 0.3) is 5.56 Å². The fraction of sp³-hybridized carbons (Fsp3) is 0.500. The lowest BCUT2D eigenvalue weighted by Gasteiger charge is -2.49. The Hall–Kier alpha value is -2.23. The molecule has 0 amide bonds. The van der Waals surface area contributed by atoms with E-state index in [1.54, 1.807) is 11.5 Å². The van der Waals surface area contributed by atoms with Gasteiger partial charge >= 0.3 is 0 Å². The van der Waals surface area contributed by atoms with E-state index >= 15 is 0 Å². The van der Waals surface area contributed by atoms with Gasteiger partial charge in [-0.1, -0.05) is 5.11 Å². The molecule has 3 atom stereocenters. The monoisotopic (exact) mass is 308 g/mol. The minimum absolute atomic E-state index is 0.0113. The van der Waals surface area contributed by atoms with Crippen molar-refractivity contribution in [3.63, 3.8) is 0 Å². The van der Waals surface area contributed by atoms with Gasteiger partial charge in [0.2, 0.25) is 5.95 Å². The average molecular weight is 308 g/mol. The second-order valence-electron chi connectivity index (χ2n) is 4.85. The zero-order valence-electron chi connectivity index (χ0n) is 11.0. The summed E-state index contributed by atoms with van der Waals surface area (Å²) >= 11 is 1.42. The quantitative estimate of drug-likeness (QED) is 0.422. The van der Waals surface area contributed by atoms with Crippen LogP contribution >= 0.6 is 11.8 Å². The predicted molar refractivity (Wildman–Crippen MR) is 77.6 cm³/mol. The van der Waals surface area contributed by atoms with E-state index in [2.05, 4.69) is 25.0 Å². The Bertz CT molecular complexity index is 809. The molecule has 1 saturated heterocycles. The molecule has 10 nitrogen and oxygen atoms in total. The zero-order valence-corrected chi connectivity index (χ0v) is 11.8. The van der Waals surface area contributed by atoms with Crippen molar-refractivity contribution >= 4 is 28.9 Å². The average Bonchev–Trinajstić information content (AvgIpc) is 2.82. The maximum atomic E-state index is 11.8. The lowest BCUT2D eigenvalue weighted by Crippen LogP contribution is -2.53. The molecule has 21 heavy (non-hydrogen) atoms. The second kappa shape index (κ2) is 4.65.